The maximum atomic E-state index is 12.4. The molecule has 2 rings (SSSR count). The van der Waals surface area contributed by atoms with Crippen molar-refractivity contribution in [3.8, 4) is 11.5 Å². The standard InChI is InChI=1S/C15H15BrN2O3/c1-20-9-3-5-12(16)11(7-9)15(19)18-14-8-10(21-2)4-6-13(14)17/h3-8H,17H2,1-2H3,(H,18,19). The van der Waals surface area contributed by atoms with Crippen molar-refractivity contribution >= 4 is 33.2 Å². The first-order valence-electron chi connectivity index (χ1n) is 6.13. The SMILES string of the molecule is COc1ccc(N)c(NC(=O)c2cc(OC)ccc2Br)c1. The van der Waals surface area contributed by atoms with Crippen LogP contribution in [0.3, 0.4) is 0 Å². The molecule has 0 unspecified atom stereocenters. The van der Waals surface area contributed by atoms with Gasteiger partial charge in [0, 0.05) is 10.5 Å². The molecule has 1 amide bonds. The second-order valence-corrected chi connectivity index (χ2v) is 5.11. The van der Waals surface area contributed by atoms with Crippen LogP contribution in [-0.4, -0.2) is 20.1 Å². The Balaban J connectivity index is 2.29. The van der Waals surface area contributed by atoms with E-state index in [9.17, 15) is 4.79 Å². The molecular formula is C15H15BrN2O3. The van der Waals surface area contributed by atoms with E-state index in [1.165, 1.54) is 0 Å². The highest BCUT2D eigenvalue weighted by atomic mass is 79.9. The van der Waals surface area contributed by atoms with Gasteiger partial charge in [-0.15, -0.1) is 0 Å². The predicted molar refractivity (Wildman–Crippen MR) is 86.1 cm³/mol. The van der Waals surface area contributed by atoms with Gasteiger partial charge in [-0.2, -0.15) is 0 Å². The Hall–Kier alpha value is -2.21. The van der Waals surface area contributed by atoms with E-state index in [0.29, 0.717) is 32.9 Å². The third kappa shape index (κ3) is 3.46. The van der Waals surface area contributed by atoms with E-state index in [-0.39, 0.29) is 5.91 Å². The Morgan fingerprint density at radius 2 is 1.71 bits per heavy atom. The van der Waals surface area contributed by atoms with Crippen molar-refractivity contribution in [1.82, 2.24) is 0 Å². The second kappa shape index (κ2) is 6.49. The highest BCUT2D eigenvalue weighted by Crippen LogP contribution is 2.27. The van der Waals surface area contributed by atoms with Crippen LogP contribution in [0.5, 0.6) is 11.5 Å². The van der Waals surface area contributed by atoms with Crippen molar-refractivity contribution in [1.29, 1.82) is 0 Å². The number of carbonyl (C=O) groups is 1. The number of halogens is 1. The van der Waals surface area contributed by atoms with E-state index >= 15 is 0 Å². The summed E-state index contributed by atoms with van der Waals surface area (Å²) in [5.74, 6) is 0.923. The molecule has 0 saturated carbocycles. The van der Waals surface area contributed by atoms with Crippen molar-refractivity contribution in [3.63, 3.8) is 0 Å². The van der Waals surface area contributed by atoms with Gasteiger partial charge in [-0.05, 0) is 46.3 Å². The Morgan fingerprint density at radius 3 is 2.38 bits per heavy atom. The number of anilines is 2. The van der Waals surface area contributed by atoms with Gasteiger partial charge in [0.05, 0.1) is 31.2 Å². The first-order valence-corrected chi connectivity index (χ1v) is 6.93. The van der Waals surface area contributed by atoms with Crippen LogP contribution in [0.15, 0.2) is 40.9 Å². The van der Waals surface area contributed by atoms with Gasteiger partial charge < -0.3 is 20.5 Å². The fourth-order valence-corrected chi connectivity index (χ4v) is 2.19. The van der Waals surface area contributed by atoms with E-state index in [2.05, 4.69) is 21.2 Å². The maximum absolute atomic E-state index is 12.4. The number of amides is 1. The van der Waals surface area contributed by atoms with E-state index < -0.39 is 0 Å². The van der Waals surface area contributed by atoms with Crippen molar-refractivity contribution in [2.45, 2.75) is 0 Å². The van der Waals surface area contributed by atoms with Crippen molar-refractivity contribution in [2.24, 2.45) is 0 Å². The molecule has 0 saturated heterocycles. The highest BCUT2D eigenvalue weighted by molar-refractivity contribution is 9.10. The summed E-state index contributed by atoms with van der Waals surface area (Å²) in [7, 11) is 3.10. The quantitative estimate of drug-likeness (QED) is 0.829. The number of carbonyl (C=O) groups excluding carboxylic acids is 1. The molecule has 0 radical (unpaired) electrons. The molecule has 3 N–H and O–H groups in total. The summed E-state index contributed by atoms with van der Waals surface area (Å²) in [6.45, 7) is 0. The zero-order chi connectivity index (χ0) is 15.4. The van der Waals surface area contributed by atoms with Gasteiger partial charge in [0.25, 0.3) is 5.91 Å². The Bertz CT molecular complexity index is 674. The summed E-state index contributed by atoms with van der Waals surface area (Å²) >= 11 is 3.35. The molecule has 21 heavy (non-hydrogen) atoms. The molecule has 5 nitrogen and oxygen atoms in total. The third-order valence-corrected chi connectivity index (χ3v) is 3.62. The zero-order valence-corrected chi connectivity index (χ0v) is 13.2. The average molecular weight is 351 g/mol. The lowest BCUT2D eigenvalue weighted by Gasteiger charge is -2.11. The van der Waals surface area contributed by atoms with E-state index in [0.717, 1.165) is 0 Å². The van der Waals surface area contributed by atoms with Crippen LogP contribution in [0.1, 0.15) is 10.4 Å². The van der Waals surface area contributed by atoms with Crippen molar-refractivity contribution < 1.29 is 14.3 Å². The maximum Gasteiger partial charge on any atom is 0.257 e. The van der Waals surface area contributed by atoms with Gasteiger partial charge in [0.15, 0.2) is 0 Å². The largest absolute Gasteiger partial charge is 0.497 e. The van der Waals surface area contributed by atoms with Crippen LogP contribution >= 0.6 is 15.9 Å². The normalized spacial score (nSPS) is 10.0. The van der Waals surface area contributed by atoms with E-state index in [1.54, 1.807) is 50.6 Å². The summed E-state index contributed by atoms with van der Waals surface area (Å²) in [5, 5.41) is 2.76. The summed E-state index contributed by atoms with van der Waals surface area (Å²) in [4.78, 5) is 12.4. The molecule has 0 heterocycles. The fraction of sp³-hybridized carbons (Fsp3) is 0.133. The van der Waals surface area contributed by atoms with Crippen LogP contribution < -0.4 is 20.5 Å². The van der Waals surface area contributed by atoms with Crippen LogP contribution in [0.25, 0.3) is 0 Å². The number of nitrogens with two attached hydrogens (primary N) is 1. The molecule has 0 fully saturated rings. The highest BCUT2D eigenvalue weighted by Gasteiger charge is 2.13. The second-order valence-electron chi connectivity index (χ2n) is 4.25. The summed E-state index contributed by atoms with van der Waals surface area (Å²) in [6, 6.07) is 10.2. The van der Waals surface area contributed by atoms with Gasteiger partial charge in [-0.3, -0.25) is 4.79 Å². The number of methoxy groups -OCH3 is 2. The number of ether oxygens (including phenoxy) is 2. The van der Waals surface area contributed by atoms with Crippen LogP contribution in [-0.2, 0) is 0 Å². The molecule has 6 heteroatoms. The van der Waals surface area contributed by atoms with Gasteiger partial charge in [0.1, 0.15) is 11.5 Å². The minimum atomic E-state index is -0.291. The number of hydrogen-bond acceptors (Lipinski definition) is 4. The molecule has 0 aliphatic heterocycles. The zero-order valence-electron chi connectivity index (χ0n) is 11.6. The first kappa shape index (κ1) is 15.2. The fourth-order valence-electron chi connectivity index (χ4n) is 1.77. The van der Waals surface area contributed by atoms with E-state index in [4.69, 9.17) is 15.2 Å². The van der Waals surface area contributed by atoms with Crippen LogP contribution in [0.4, 0.5) is 11.4 Å². The molecule has 2 aromatic rings. The number of hydrogen-bond donors (Lipinski definition) is 2. The Morgan fingerprint density at radius 1 is 1.10 bits per heavy atom. The molecule has 0 spiro atoms. The monoisotopic (exact) mass is 350 g/mol. The van der Waals surface area contributed by atoms with Gasteiger partial charge >= 0.3 is 0 Å². The number of nitrogen functional groups attached to an aromatic ring is 1. The van der Waals surface area contributed by atoms with Gasteiger partial charge in [-0.25, -0.2) is 0 Å². The molecule has 0 aliphatic carbocycles. The van der Waals surface area contributed by atoms with Crippen molar-refractivity contribution in [2.75, 3.05) is 25.3 Å². The molecule has 0 aliphatic rings. The van der Waals surface area contributed by atoms with Gasteiger partial charge in [-0.1, -0.05) is 0 Å². The lowest BCUT2D eigenvalue weighted by Crippen LogP contribution is -2.14. The summed E-state index contributed by atoms with van der Waals surface area (Å²) < 4.78 is 10.9. The van der Waals surface area contributed by atoms with Crippen LogP contribution in [0, 0.1) is 0 Å². The summed E-state index contributed by atoms with van der Waals surface area (Å²) in [6.07, 6.45) is 0. The number of nitrogens with one attached hydrogen (secondary N) is 1. The molecule has 0 aromatic heterocycles. The predicted octanol–water partition coefficient (Wildman–Crippen LogP) is 3.30. The topological polar surface area (TPSA) is 73.6 Å². The molecule has 2 aromatic carbocycles. The average Bonchev–Trinajstić information content (AvgIpc) is 2.49. The Kier molecular flexibility index (Phi) is 4.70. The first-order chi connectivity index (χ1) is 10.0. The third-order valence-electron chi connectivity index (χ3n) is 2.93. The molecule has 110 valence electrons. The minimum Gasteiger partial charge on any atom is -0.497 e. The summed E-state index contributed by atoms with van der Waals surface area (Å²) in [5.41, 5.74) is 7.27. The number of benzene rings is 2. The minimum absolute atomic E-state index is 0.291. The van der Waals surface area contributed by atoms with Gasteiger partial charge in [0.2, 0.25) is 0 Å². The van der Waals surface area contributed by atoms with E-state index in [1.807, 2.05) is 0 Å². The van der Waals surface area contributed by atoms with Crippen LogP contribution in [0.2, 0.25) is 0 Å². The molecular weight excluding hydrogens is 336 g/mol. The lowest BCUT2D eigenvalue weighted by atomic mass is 10.2. The van der Waals surface area contributed by atoms with Crippen molar-refractivity contribution in [3.05, 3.63) is 46.4 Å². The smallest absolute Gasteiger partial charge is 0.257 e. The Labute approximate surface area is 131 Å². The molecule has 0 atom stereocenters. The lowest BCUT2D eigenvalue weighted by molar-refractivity contribution is 0.102. The number of rotatable bonds is 4. The molecule has 0 bridgehead atoms.